The van der Waals surface area contributed by atoms with Gasteiger partial charge in [0.1, 0.15) is 0 Å². The summed E-state index contributed by atoms with van der Waals surface area (Å²) in [5, 5.41) is 6.93. The van der Waals surface area contributed by atoms with Crippen molar-refractivity contribution in [3.05, 3.63) is 29.6 Å². The van der Waals surface area contributed by atoms with E-state index in [0.717, 1.165) is 30.7 Å². The molecular formula is C19H33IN4. The molecule has 1 aliphatic rings. The van der Waals surface area contributed by atoms with E-state index >= 15 is 0 Å². The first-order valence-electron chi connectivity index (χ1n) is 8.97. The molecule has 0 unspecified atom stereocenters. The van der Waals surface area contributed by atoms with Crippen LogP contribution in [0.4, 0.5) is 0 Å². The van der Waals surface area contributed by atoms with Crippen molar-refractivity contribution in [2.24, 2.45) is 16.3 Å². The van der Waals surface area contributed by atoms with Crippen LogP contribution >= 0.6 is 24.0 Å². The van der Waals surface area contributed by atoms with Gasteiger partial charge in [-0.05, 0) is 56.1 Å². The number of hydrogen-bond acceptors (Lipinski definition) is 2. The summed E-state index contributed by atoms with van der Waals surface area (Å²) in [6.45, 7) is 11.4. The molecule has 2 N–H and O–H groups in total. The van der Waals surface area contributed by atoms with Crippen LogP contribution < -0.4 is 10.6 Å². The number of halogens is 1. The van der Waals surface area contributed by atoms with Gasteiger partial charge >= 0.3 is 0 Å². The highest BCUT2D eigenvalue weighted by atomic mass is 127. The minimum Gasteiger partial charge on any atom is -0.357 e. The fraction of sp³-hybridized carbons (Fsp3) is 0.684. The Morgan fingerprint density at radius 2 is 2.08 bits per heavy atom. The maximum Gasteiger partial charge on any atom is 0.191 e. The monoisotopic (exact) mass is 444 g/mol. The lowest BCUT2D eigenvalue weighted by atomic mass is 9.64. The predicted octanol–water partition coefficient (Wildman–Crippen LogP) is 4.28. The largest absolute Gasteiger partial charge is 0.357 e. The first kappa shape index (κ1) is 21.2. The molecular weight excluding hydrogens is 411 g/mol. The third-order valence-corrected chi connectivity index (χ3v) is 4.74. The molecule has 4 nitrogen and oxygen atoms in total. The van der Waals surface area contributed by atoms with Gasteiger partial charge in [-0.25, -0.2) is 4.99 Å². The van der Waals surface area contributed by atoms with E-state index in [-0.39, 0.29) is 24.0 Å². The summed E-state index contributed by atoms with van der Waals surface area (Å²) in [5.74, 6) is 1.67. The smallest absolute Gasteiger partial charge is 0.191 e. The molecule has 1 heterocycles. The topological polar surface area (TPSA) is 49.3 Å². The number of rotatable bonds is 7. The third-order valence-electron chi connectivity index (χ3n) is 4.74. The molecule has 1 saturated carbocycles. The Hall–Kier alpha value is -0.850. The van der Waals surface area contributed by atoms with Crippen LogP contribution in [0.2, 0.25) is 0 Å². The van der Waals surface area contributed by atoms with Gasteiger partial charge in [-0.1, -0.05) is 26.3 Å². The summed E-state index contributed by atoms with van der Waals surface area (Å²) < 4.78 is 0. The summed E-state index contributed by atoms with van der Waals surface area (Å²) in [6.07, 6.45) is 7.20. The van der Waals surface area contributed by atoms with Gasteiger partial charge in [0.25, 0.3) is 0 Å². The van der Waals surface area contributed by atoms with Crippen molar-refractivity contribution in [3.63, 3.8) is 0 Å². The minimum absolute atomic E-state index is 0. The van der Waals surface area contributed by atoms with E-state index in [9.17, 15) is 0 Å². The Morgan fingerprint density at radius 1 is 1.33 bits per heavy atom. The number of nitrogens with zero attached hydrogens (tertiary/aromatic N) is 2. The molecule has 0 amide bonds. The molecule has 0 bridgehead atoms. The Kier molecular flexibility index (Phi) is 9.02. The Balaban J connectivity index is 0.00000288. The van der Waals surface area contributed by atoms with E-state index < -0.39 is 0 Å². The molecule has 24 heavy (non-hydrogen) atoms. The number of nitrogens with one attached hydrogen (secondary N) is 2. The summed E-state index contributed by atoms with van der Waals surface area (Å²) in [4.78, 5) is 9.14. The number of pyridine rings is 1. The van der Waals surface area contributed by atoms with Crippen LogP contribution in [0.25, 0.3) is 0 Å². The normalized spacial score (nSPS) is 16.3. The van der Waals surface area contributed by atoms with E-state index in [2.05, 4.69) is 49.4 Å². The molecule has 136 valence electrons. The quantitative estimate of drug-likeness (QED) is 0.375. The molecule has 0 spiro atoms. The van der Waals surface area contributed by atoms with Crippen molar-refractivity contribution in [1.29, 1.82) is 0 Å². The fourth-order valence-electron chi connectivity index (χ4n) is 3.45. The van der Waals surface area contributed by atoms with Crippen LogP contribution in [-0.2, 0) is 6.54 Å². The van der Waals surface area contributed by atoms with Crippen molar-refractivity contribution in [3.8, 4) is 0 Å². The van der Waals surface area contributed by atoms with Crippen molar-refractivity contribution < 1.29 is 0 Å². The third kappa shape index (κ3) is 6.22. The zero-order valence-electron chi connectivity index (χ0n) is 15.6. The van der Waals surface area contributed by atoms with Crippen molar-refractivity contribution >= 4 is 29.9 Å². The maximum atomic E-state index is 4.72. The fourth-order valence-corrected chi connectivity index (χ4v) is 3.45. The lowest BCUT2D eigenvalue weighted by Gasteiger charge is -2.43. The molecule has 1 fully saturated rings. The number of aliphatic imine (C=N–C) groups is 1. The zero-order chi connectivity index (χ0) is 16.7. The first-order chi connectivity index (χ1) is 11.0. The number of aromatic nitrogens is 1. The van der Waals surface area contributed by atoms with Crippen LogP contribution in [0.1, 0.15) is 57.7 Å². The Labute approximate surface area is 164 Å². The van der Waals surface area contributed by atoms with E-state index in [4.69, 9.17) is 4.99 Å². The molecule has 0 radical (unpaired) electrons. The highest BCUT2D eigenvalue weighted by Crippen LogP contribution is 2.45. The average molecular weight is 444 g/mol. The summed E-state index contributed by atoms with van der Waals surface area (Å²) in [5.41, 5.74) is 2.72. The molecule has 0 aliphatic heterocycles. The lowest BCUT2D eigenvalue weighted by Crippen LogP contribution is -2.47. The molecule has 0 aromatic carbocycles. The minimum atomic E-state index is 0. The van der Waals surface area contributed by atoms with Gasteiger partial charge < -0.3 is 10.6 Å². The van der Waals surface area contributed by atoms with Crippen molar-refractivity contribution in [1.82, 2.24) is 15.6 Å². The molecule has 5 heteroatoms. The first-order valence-corrected chi connectivity index (χ1v) is 8.97. The summed E-state index contributed by atoms with van der Waals surface area (Å²) in [6, 6.07) is 4.06. The van der Waals surface area contributed by atoms with Crippen LogP contribution in [-0.4, -0.2) is 24.0 Å². The Bertz CT molecular complexity index is 524. The van der Waals surface area contributed by atoms with E-state index in [1.807, 2.05) is 12.3 Å². The number of hydrogen-bond donors (Lipinski definition) is 2. The van der Waals surface area contributed by atoms with E-state index in [0.29, 0.717) is 12.0 Å². The second-order valence-corrected chi connectivity index (χ2v) is 7.27. The second-order valence-electron chi connectivity index (χ2n) is 7.27. The molecule has 0 saturated heterocycles. The van der Waals surface area contributed by atoms with Crippen LogP contribution in [0.15, 0.2) is 23.3 Å². The molecule has 2 rings (SSSR count). The van der Waals surface area contributed by atoms with Gasteiger partial charge in [0.15, 0.2) is 5.96 Å². The average Bonchev–Trinajstić information content (AvgIpc) is 2.48. The highest BCUT2D eigenvalue weighted by molar-refractivity contribution is 14.0. The van der Waals surface area contributed by atoms with Gasteiger partial charge in [-0.15, -0.1) is 24.0 Å². The molecule has 1 aromatic heterocycles. The van der Waals surface area contributed by atoms with Crippen molar-refractivity contribution in [2.45, 2.75) is 59.9 Å². The maximum absolute atomic E-state index is 4.72. The van der Waals surface area contributed by atoms with Crippen LogP contribution in [0.3, 0.4) is 0 Å². The molecule has 0 atom stereocenters. The van der Waals surface area contributed by atoms with Crippen LogP contribution in [0.5, 0.6) is 0 Å². The van der Waals surface area contributed by atoms with Crippen molar-refractivity contribution in [2.75, 3.05) is 13.1 Å². The van der Waals surface area contributed by atoms with E-state index in [1.54, 1.807) is 0 Å². The van der Waals surface area contributed by atoms with Gasteiger partial charge in [-0.2, -0.15) is 0 Å². The van der Waals surface area contributed by atoms with Gasteiger partial charge in [0.05, 0.1) is 12.2 Å². The SMILES string of the molecule is CCNC(=NCc1ncccc1C)NCC1(CC(C)C)CCC1.I. The molecule has 1 aromatic rings. The van der Waals surface area contributed by atoms with Gasteiger partial charge in [-0.3, -0.25) is 4.98 Å². The highest BCUT2D eigenvalue weighted by Gasteiger charge is 2.37. The van der Waals surface area contributed by atoms with Gasteiger partial charge in [0, 0.05) is 19.3 Å². The second kappa shape index (κ2) is 10.2. The number of guanidine groups is 1. The number of aryl methyl sites for hydroxylation is 1. The summed E-state index contributed by atoms with van der Waals surface area (Å²) >= 11 is 0. The Morgan fingerprint density at radius 3 is 2.62 bits per heavy atom. The van der Waals surface area contributed by atoms with Crippen LogP contribution in [0, 0.1) is 18.3 Å². The molecule has 1 aliphatic carbocycles. The lowest BCUT2D eigenvalue weighted by molar-refractivity contribution is 0.104. The standard InChI is InChI=1S/C19H32N4.HI/c1-5-20-18(22-13-17-16(4)8-6-11-21-17)23-14-19(9-7-10-19)12-15(2)3;/h6,8,11,15H,5,7,9-10,12-14H2,1-4H3,(H2,20,22,23);1H. The van der Waals surface area contributed by atoms with E-state index in [1.165, 1.54) is 31.2 Å². The summed E-state index contributed by atoms with van der Waals surface area (Å²) in [7, 11) is 0. The van der Waals surface area contributed by atoms with Gasteiger partial charge in [0.2, 0.25) is 0 Å². The predicted molar refractivity (Wildman–Crippen MR) is 113 cm³/mol. The zero-order valence-corrected chi connectivity index (χ0v) is 17.9.